The molecule has 0 spiro atoms. The van der Waals surface area contributed by atoms with Crippen molar-refractivity contribution in [2.24, 2.45) is 0 Å². The number of nitrogens with zero attached hydrogens (tertiary/aromatic N) is 2. The van der Waals surface area contributed by atoms with Crippen molar-refractivity contribution in [1.82, 2.24) is 9.97 Å². The van der Waals surface area contributed by atoms with Gasteiger partial charge in [-0.25, -0.2) is 9.97 Å². The lowest BCUT2D eigenvalue weighted by atomic mass is 10.1. The van der Waals surface area contributed by atoms with Gasteiger partial charge in [0.1, 0.15) is 5.82 Å². The van der Waals surface area contributed by atoms with Crippen LogP contribution in [-0.2, 0) is 6.42 Å². The lowest BCUT2D eigenvalue weighted by Crippen LogP contribution is -2.02. The molecule has 2 heteroatoms. The predicted molar refractivity (Wildman–Crippen MR) is 50.2 cm³/mol. The Morgan fingerprint density at radius 1 is 1.08 bits per heavy atom. The first-order valence-corrected chi connectivity index (χ1v) is 4.46. The van der Waals surface area contributed by atoms with Crippen molar-refractivity contribution in [3.63, 3.8) is 0 Å². The SMILES string of the molecule is CCCc1nc(C)nc(C)c1C. The smallest absolute Gasteiger partial charge is 0.125 e. The monoisotopic (exact) mass is 164 g/mol. The molecule has 0 radical (unpaired) electrons. The van der Waals surface area contributed by atoms with Crippen LogP contribution in [0.4, 0.5) is 0 Å². The van der Waals surface area contributed by atoms with Crippen LogP contribution in [0.3, 0.4) is 0 Å². The van der Waals surface area contributed by atoms with Crippen molar-refractivity contribution in [2.75, 3.05) is 0 Å². The minimum absolute atomic E-state index is 0.890. The molecule has 0 N–H and O–H groups in total. The molecule has 0 aliphatic carbocycles. The molecule has 0 fully saturated rings. The third kappa shape index (κ3) is 1.81. The average molecular weight is 164 g/mol. The fraction of sp³-hybridized carbons (Fsp3) is 0.600. The molecule has 0 aliphatic heterocycles. The molecule has 0 amide bonds. The fourth-order valence-corrected chi connectivity index (χ4v) is 1.32. The molecule has 1 rings (SSSR count). The molecular formula is C10H16N2. The highest BCUT2D eigenvalue weighted by Gasteiger charge is 2.03. The van der Waals surface area contributed by atoms with E-state index in [1.807, 2.05) is 13.8 Å². The molecule has 0 aromatic carbocycles. The van der Waals surface area contributed by atoms with Crippen molar-refractivity contribution in [1.29, 1.82) is 0 Å². The number of hydrogen-bond acceptors (Lipinski definition) is 2. The summed E-state index contributed by atoms with van der Waals surface area (Å²) in [5.41, 5.74) is 3.58. The van der Waals surface area contributed by atoms with E-state index in [9.17, 15) is 0 Å². The summed E-state index contributed by atoms with van der Waals surface area (Å²) in [6, 6.07) is 0. The van der Waals surface area contributed by atoms with E-state index in [0.717, 1.165) is 24.4 Å². The van der Waals surface area contributed by atoms with Crippen LogP contribution >= 0.6 is 0 Å². The van der Waals surface area contributed by atoms with E-state index in [2.05, 4.69) is 23.8 Å². The quantitative estimate of drug-likeness (QED) is 0.670. The van der Waals surface area contributed by atoms with Crippen molar-refractivity contribution in [3.05, 3.63) is 22.8 Å². The van der Waals surface area contributed by atoms with E-state index in [4.69, 9.17) is 0 Å². The van der Waals surface area contributed by atoms with Gasteiger partial charge in [-0.1, -0.05) is 13.3 Å². The summed E-state index contributed by atoms with van der Waals surface area (Å²) in [7, 11) is 0. The van der Waals surface area contributed by atoms with E-state index in [0.29, 0.717) is 0 Å². The summed E-state index contributed by atoms with van der Waals surface area (Å²) in [6.45, 7) is 8.26. The van der Waals surface area contributed by atoms with Gasteiger partial charge in [0.05, 0.1) is 0 Å². The molecule has 0 atom stereocenters. The zero-order valence-electron chi connectivity index (χ0n) is 8.31. The van der Waals surface area contributed by atoms with Crippen LogP contribution in [0.1, 0.15) is 36.1 Å². The molecule has 2 nitrogen and oxygen atoms in total. The largest absolute Gasteiger partial charge is 0.238 e. The van der Waals surface area contributed by atoms with Crippen LogP contribution in [0.15, 0.2) is 0 Å². The van der Waals surface area contributed by atoms with Gasteiger partial charge in [-0.15, -0.1) is 0 Å². The average Bonchev–Trinajstić information content (AvgIpc) is 2.00. The van der Waals surface area contributed by atoms with E-state index < -0.39 is 0 Å². The zero-order chi connectivity index (χ0) is 9.14. The van der Waals surface area contributed by atoms with E-state index in [-0.39, 0.29) is 0 Å². The lowest BCUT2D eigenvalue weighted by molar-refractivity contribution is 0.832. The maximum Gasteiger partial charge on any atom is 0.125 e. The van der Waals surface area contributed by atoms with Gasteiger partial charge in [0.15, 0.2) is 0 Å². The summed E-state index contributed by atoms with van der Waals surface area (Å²) in [6.07, 6.45) is 2.22. The predicted octanol–water partition coefficient (Wildman–Crippen LogP) is 2.35. The molecule has 66 valence electrons. The van der Waals surface area contributed by atoms with Crippen LogP contribution < -0.4 is 0 Å². The summed E-state index contributed by atoms with van der Waals surface area (Å²) < 4.78 is 0. The normalized spacial score (nSPS) is 10.3. The first kappa shape index (κ1) is 9.17. The van der Waals surface area contributed by atoms with Crippen molar-refractivity contribution in [2.45, 2.75) is 40.5 Å². The summed E-state index contributed by atoms with van der Waals surface area (Å²) >= 11 is 0. The van der Waals surface area contributed by atoms with Gasteiger partial charge >= 0.3 is 0 Å². The van der Waals surface area contributed by atoms with Crippen LogP contribution in [0.2, 0.25) is 0 Å². The molecule has 0 aliphatic rings. The second-order valence-electron chi connectivity index (χ2n) is 3.18. The highest BCUT2D eigenvalue weighted by Crippen LogP contribution is 2.10. The molecule has 0 saturated carbocycles. The van der Waals surface area contributed by atoms with E-state index >= 15 is 0 Å². The lowest BCUT2D eigenvalue weighted by Gasteiger charge is -2.06. The Balaban J connectivity index is 3.09. The minimum Gasteiger partial charge on any atom is -0.238 e. The van der Waals surface area contributed by atoms with Gasteiger partial charge in [-0.3, -0.25) is 0 Å². The second kappa shape index (κ2) is 3.65. The highest BCUT2D eigenvalue weighted by atomic mass is 14.9. The molecule has 0 bridgehead atoms. The zero-order valence-corrected chi connectivity index (χ0v) is 8.31. The van der Waals surface area contributed by atoms with Crippen LogP contribution in [0.25, 0.3) is 0 Å². The molecule has 1 heterocycles. The maximum atomic E-state index is 4.41. The van der Waals surface area contributed by atoms with Gasteiger partial charge < -0.3 is 0 Å². The van der Waals surface area contributed by atoms with Crippen LogP contribution in [0.5, 0.6) is 0 Å². The number of aryl methyl sites for hydroxylation is 3. The Kier molecular flexibility index (Phi) is 2.79. The third-order valence-electron chi connectivity index (χ3n) is 2.09. The summed E-state index contributed by atoms with van der Waals surface area (Å²) in [5.74, 6) is 0.890. The molecule has 12 heavy (non-hydrogen) atoms. The minimum atomic E-state index is 0.890. The van der Waals surface area contributed by atoms with E-state index in [1.54, 1.807) is 0 Å². The molecule has 1 aromatic rings. The van der Waals surface area contributed by atoms with Crippen LogP contribution in [-0.4, -0.2) is 9.97 Å². The first-order valence-electron chi connectivity index (χ1n) is 4.46. The van der Waals surface area contributed by atoms with Gasteiger partial charge in [0, 0.05) is 11.4 Å². The Hall–Kier alpha value is -0.920. The molecule has 0 saturated heterocycles. The third-order valence-corrected chi connectivity index (χ3v) is 2.09. The Morgan fingerprint density at radius 2 is 1.75 bits per heavy atom. The fourth-order valence-electron chi connectivity index (χ4n) is 1.32. The van der Waals surface area contributed by atoms with E-state index in [1.165, 1.54) is 11.3 Å². The Labute approximate surface area is 74.1 Å². The molecular weight excluding hydrogens is 148 g/mol. The Bertz CT molecular complexity index is 279. The topological polar surface area (TPSA) is 25.8 Å². The maximum absolute atomic E-state index is 4.41. The number of rotatable bonds is 2. The standard InChI is InChI=1S/C10H16N2/c1-5-6-10-7(2)8(3)11-9(4)12-10/h5-6H2,1-4H3. The van der Waals surface area contributed by atoms with Gasteiger partial charge in [0.2, 0.25) is 0 Å². The highest BCUT2D eigenvalue weighted by molar-refractivity contribution is 5.23. The van der Waals surface area contributed by atoms with Crippen molar-refractivity contribution in [3.8, 4) is 0 Å². The van der Waals surface area contributed by atoms with Gasteiger partial charge in [-0.2, -0.15) is 0 Å². The van der Waals surface area contributed by atoms with Crippen LogP contribution in [0, 0.1) is 20.8 Å². The summed E-state index contributed by atoms with van der Waals surface area (Å²) in [5, 5.41) is 0. The van der Waals surface area contributed by atoms with Crippen molar-refractivity contribution >= 4 is 0 Å². The molecule has 0 unspecified atom stereocenters. The van der Waals surface area contributed by atoms with Crippen molar-refractivity contribution < 1.29 is 0 Å². The van der Waals surface area contributed by atoms with Gasteiger partial charge in [-0.05, 0) is 32.8 Å². The number of hydrogen-bond donors (Lipinski definition) is 0. The number of aromatic nitrogens is 2. The molecule has 1 aromatic heterocycles. The van der Waals surface area contributed by atoms with Gasteiger partial charge in [0.25, 0.3) is 0 Å². The second-order valence-corrected chi connectivity index (χ2v) is 3.18. The Morgan fingerprint density at radius 3 is 2.33 bits per heavy atom. The first-order chi connectivity index (χ1) is 5.65. The summed E-state index contributed by atoms with van der Waals surface area (Å²) in [4.78, 5) is 8.72.